The molecule has 0 bridgehead atoms. The van der Waals surface area contributed by atoms with Crippen LogP contribution in [0.4, 0.5) is 8.78 Å². The van der Waals surface area contributed by atoms with Gasteiger partial charge in [-0.1, -0.05) is 13.0 Å². The van der Waals surface area contributed by atoms with Crippen molar-refractivity contribution in [3.63, 3.8) is 0 Å². The molecular weight excluding hydrogens is 240 g/mol. The predicted molar refractivity (Wildman–Crippen MR) is 61.2 cm³/mol. The third-order valence-corrected chi connectivity index (χ3v) is 2.55. The molecule has 1 N–H and O–H groups in total. The Morgan fingerprint density at radius 1 is 1.39 bits per heavy atom. The average Bonchev–Trinajstić information content (AvgIpc) is 2.82. The molecule has 0 radical (unpaired) electrons. The number of aromatic nitrogens is 4. The lowest BCUT2D eigenvalue weighted by Gasteiger charge is -2.12. The van der Waals surface area contributed by atoms with Gasteiger partial charge in [-0.15, -0.1) is 5.10 Å². The summed E-state index contributed by atoms with van der Waals surface area (Å²) < 4.78 is 28.1. The van der Waals surface area contributed by atoms with Gasteiger partial charge in [0.15, 0.2) is 17.5 Å². The van der Waals surface area contributed by atoms with E-state index in [1.807, 2.05) is 13.8 Å². The van der Waals surface area contributed by atoms with Crippen LogP contribution in [-0.2, 0) is 0 Å². The van der Waals surface area contributed by atoms with Gasteiger partial charge in [0.25, 0.3) is 0 Å². The van der Waals surface area contributed by atoms with E-state index < -0.39 is 11.6 Å². The Hall–Kier alpha value is -1.89. The second-order valence-electron chi connectivity index (χ2n) is 3.80. The molecule has 0 fully saturated rings. The first-order valence-electron chi connectivity index (χ1n) is 5.61. The highest BCUT2D eigenvalue weighted by Crippen LogP contribution is 2.18. The van der Waals surface area contributed by atoms with Crippen molar-refractivity contribution >= 4 is 0 Å². The summed E-state index contributed by atoms with van der Waals surface area (Å²) in [5, 5.41) is 14.2. The minimum absolute atomic E-state index is 0.000229. The van der Waals surface area contributed by atoms with Gasteiger partial charge in [-0.05, 0) is 36.0 Å². The number of benzene rings is 1. The third-order valence-electron chi connectivity index (χ3n) is 2.55. The van der Waals surface area contributed by atoms with E-state index in [0.717, 1.165) is 12.6 Å². The lowest BCUT2D eigenvalue weighted by Crippen LogP contribution is -2.22. The van der Waals surface area contributed by atoms with Gasteiger partial charge in [0.05, 0.1) is 6.04 Å². The van der Waals surface area contributed by atoms with Gasteiger partial charge in [0.1, 0.15) is 5.69 Å². The predicted octanol–water partition coefficient (Wildman–Crippen LogP) is 1.61. The first kappa shape index (κ1) is 12.6. The van der Waals surface area contributed by atoms with Gasteiger partial charge in [0.2, 0.25) is 0 Å². The highest BCUT2D eigenvalue weighted by atomic mass is 19.2. The maximum Gasteiger partial charge on any atom is 0.184 e. The van der Waals surface area contributed by atoms with Crippen LogP contribution < -0.4 is 5.32 Å². The molecule has 5 nitrogen and oxygen atoms in total. The van der Waals surface area contributed by atoms with E-state index >= 15 is 0 Å². The number of halogens is 2. The zero-order valence-electron chi connectivity index (χ0n) is 10.1. The minimum atomic E-state index is -0.963. The Kier molecular flexibility index (Phi) is 3.61. The highest BCUT2D eigenvalue weighted by Gasteiger charge is 2.18. The fourth-order valence-corrected chi connectivity index (χ4v) is 1.69. The van der Waals surface area contributed by atoms with Crippen LogP contribution >= 0.6 is 0 Å². The lowest BCUT2D eigenvalue weighted by atomic mass is 10.2. The van der Waals surface area contributed by atoms with E-state index in [2.05, 4.69) is 20.8 Å². The molecule has 0 saturated carbocycles. The van der Waals surface area contributed by atoms with E-state index in [9.17, 15) is 8.78 Å². The molecule has 0 saturated heterocycles. The summed E-state index contributed by atoms with van der Waals surface area (Å²) in [6.07, 6.45) is 0. The second-order valence-corrected chi connectivity index (χ2v) is 3.80. The molecule has 1 heterocycles. The largest absolute Gasteiger partial charge is 0.308 e. The fourth-order valence-electron chi connectivity index (χ4n) is 1.69. The van der Waals surface area contributed by atoms with E-state index in [-0.39, 0.29) is 11.7 Å². The van der Waals surface area contributed by atoms with Gasteiger partial charge in [0, 0.05) is 0 Å². The van der Waals surface area contributed by atoms with Crippen LogP contribution in [-0.4, -0.2) is 26.8 Å². The quantitative estimate of drug-likeness (QED) is 0.899. The summed E-state index contributed by atoms with van der Waals surface area (Å²) in [7, 11) is 0. The molecule has 0 aliphatic rings. The molecule has 96 valence electrons. The molecule has 0 aliphatic heterocycles. The van der Waals surface area contributed by atoms with Crippen LogP contribution in [0.3, 0.4) is 0 Å². The number of tetrazole rings is 1. The van der Waals surface area contributed by atoms with E-state index in [1.54, 1.807) is 0 Å². The molecule has 2 aromatic rings. The summed E-state index contributed by atoms with van der Waals surface area (Å²) in [5.41, 5.74) is -0.000229. The van der Waals surface area contributed by atoms with E-state index in [1.165, 1.54) is 16.8 Å². The molecule has 0 spiro atoms. The van der Waals surface area contributed by atoms with Gasteiger partial charge < -0.3 is 5.32 Å². The SMILES string of the molecule is CCNC(C)c1nnnn1-c1cccc(F)c1F. The number of rotatable bonds is 4. The van der Waals surface area contributed by atoms with Crippen molar-refractivity contribution in [2.24, 2.45) is 0 Å². The molecule has 1 atom stereocenters. The maximum absolute atomic E-state index is 13.7. The second kappa shape index (κ2) is 5.18. The van der Waals surface area contributed by atoms with Gasteiger partial charge in [-0.2, -0.15) is 4.68 Å². The van der Waals surface area contributed by atoms with Crippen LogP contribution in [0.1, 0.15) is 25.7 Å². The number of hydrogen-bond acceptors (Lipinski definition) is 4. The maximum atomic E-state index is 13.7. The Balaban J connectivity index is 2.45. The molecule has 1 unspecified atom stereocenters. The van der Waals surface area contributed by atoms with Gasteiger partial charge in [-0.3, -0.25) is 0 Å². The average molecular weight is 253 g/mol. The summed E-state index contributed by atoms with van der Waals surface area (Å²) in [6.45, 7) is 4.51. The Morgan fingerprint density at radius 2 is 2.17 bits per heavy atom. The topological polar surface area (TPSA) is 55.6 Å². The standard InChI is InChI=1S/C11H13F2N5/c1-3-14-7(2)11-15-16-17-18(11)9-6-4-5-8(12)10(9)13/h4-7,14H,3H2,1-2H3. The Morgan fingerprint density at radius 3 is 2.89 bits per heavy atom. The first-order valence-corrected chi connectivity index (χ1v) is 5.61. The van der Waals surface area contributed by atoms with Crippen molar-refractivity contribution in [1.29, 1.82) is 0 Å². The molecule has 2 rings (SSSR count). The summed E-state index contributed by atoms with van der Waals surface area (Å²) in [6, 6.07) is 3.73. The molecule has 0 amide bonds. The fraction of sp³-hybridized carbons (Fsp3) is 0.364. The van der Waals surface area contributed by atoms with Crippen LogP contribution in [0, 0.1) is 11.6 Å². The lowest BCUT2D eigenvalue weighted by molar-refractivity contribution is 0.493. The van der Waals surface area contributed by atoms with Crippen LogP contribution in [0.15, 0.2) is 18.2 Å². The monoisotopic (exact) mass is 253 g/mol. The zero-order chi connectivity index (χ0) is 13.1. The summed E-state index contributed by atoms with van der Waals surface area (Å²) in [5.74, 6) is -1.46. The molecule has 18 heavy (non-hydrogen) atoms. The smallest absolute Gasteiger partial charge is 0.184 e. The molecular formula is C11H13F2N5. The molecule has 1 aromatic carbocycles. The van der Waals surface area contributed by atoms with Crippen molar-refractivity contribution in [3.8, 4) is 5.69 Å². The van der Waals surface area contributed by atoms with Crippen molar-refractivity contribution in [2.45, 2.75) is 19.9 Å². The van der Waals surface area contributed by atoms with Crippen molar-refractivity contribution < 1.29 is 8.78 Å². The van der Waals surface area contributed by atoms with E-state index in [0.29, 0.717) is 5.82 Å². The molecule has 7 heteroatoms. The van der Waals surface area contributed by atoms with Crippen molar-refractivity contribution in [3.05, 3.63) is 35.7 Å². The van der Waals surface area contributed by atoms with Crippen molar-refractivity contribution in [1.82, 2.24) is 25.5 Å². The Labute approximate surface area is 103 Å². The van der Waals surface area contributed by atoms with Gasteiger partial charge in [-0.25, -0.2) is 8.78 Å². The molecule has 0 aliphatic carbocycles. The number of nitrogens with zero attached hydrogens (tertiary/aromatic N) is 4. The van der Waals surface area contributed by atoms with Crippen molar-refractivity contribution in [2.75, 3.05) is 6.54 Å². The van der Waals surface area contributed by atoms with Crippen LogP contribution in [0.2, 0.25) is 0 Å². The molecule has 1 aromatic heterocycles. The number of nitrogens with one attached hydrogen (secondary N) is 1. The highest BCUT2D eigenvalue weighted by molar-refractivity contribution is 5.33. The third kappa shape index (κ3) is 2.21. The zero-order valence-corrected chi connectivity index (χ0v) is 10.1. The van der Waals surface area contributed by atoms with Crippen LogP contribution in [0.25, 0.3) is 5.69 Å². The normalized spacial score (nSPS) is 12.7. The van der Waals surface area contributed by atoms with Gasteiger partial charge >= 0.3 is 0 Å². The number of hydrogen-bond donors (Lipinski definition) is 1. The summed E-state index contributed by atoms with van der Waals surface area (Å²) in [4.78, 5) is 0. The first-order chi connectivity index (χ1) is 8.65. The van der Waals surface area contributed by atoms with E-state index in [4.69, 9.17) is 0 Å². The Bertz CT molecular complexity index is 540. The van der Waals surface area contributed by atoms with Crippen LogP contribution in [0.5, 0.6) is 0 Å². The summed E-state index contributed by atoms with van der Waals surface area (Å²) >= 11 is 0. The minimum Gasteiger partial charge on any atom is -0.308 e.